The van der Waals surface area contributed by atoms with Gasteiger partial charge in [-0.3, -0.25) is 0 Å². The van der Waals surface area contributed by atoms with Gasteiger partial charge < -0.3 is 15.4 Å². The maximum Gasteiger partial charge on any atom is 0.0637 e. The normalized spacial score (nSPS) is 17.6. The molecule has 4 heteroatoms. The molecule has 0 radical (unpaired) electrons. The maximum absolute atomic E-state index is 5.89. The van der Waals surface area contributed by atoms with Gasteiger partial charge in [0.1, 0.15) is 0 Å². The summed E-state index contributed by atoms with van der Waals surface area (Å²) in [4.78, 5) is 2.47. The van der Waals surface area contributed by atoms with Crippen molar-refractivity contribution in [3.8, 4) is 0 Å². The minimum absolute atomic E-state index is 0.192. The van der Waals surface area contributed by atoms with Crippen LogP contribution in [0.25, 0.3) is 0 Å². The molecule has 2 N–H and O–H groups in total. The van der Waals surface area contributed by atoms with E-state index in [9.17, 15) is 0 Å². The van der Waals surface area contributed by atoms with E-state index in [1.165, 1.54) is 24.1 Å². The predicted molar refractivity (Wildman–Crippen MR) is 92.9 cm³/mol. The van der Waals surface area contributed by atoms with Crippen LogP contribution in [0.2, 0.25) is 0 Å². The molecule has 0 aliphatic heterocycles. The molecule has 3 nitrogen and oxygen atoms in total. The van der Waals surface area contributed by atoms with Crippen LogP contribution < -0.4 is 10.6 Å². The number of nitrogens with two attached hydrogens (primary N) is 1. The van der Waals surface area contributed by atoms with Gasteiger partial charge in [0, 0.05) is 30.2 Å². The van der Waals surface area contributed by atoms with Crippen LogP contribution in [0.5, 0.6) is 0 Å². The standard InChI is InChI=1S/C17H27BrN2O/c1-12(19)10-14-4-7-17(16(18)11-14)20(8-9-21-3)13(2)15-5-6-15/h4,7,11-13,15H,5-6,8-10,19H2,1-3H3. The van der Waals surface area contributed by atoms with Crippen LogP contribution in [0.15, 0.2) is 22.7 Å². The number of hydrogen-bond donors (Lipinski definition) is 1. The van der Waals surface area contributed by atoms with Gasteiger partial charge in [-0.15, -0.1) is 0 Å². The first-order chi connectivity index (χ1) is 10.0. The fourth-order valence-corrected chi connectivity index (χ4v) is 3.50. The second kappa shape index (κ2) is 7.61. The molecule has 1 aromatic rings. The topological polar surface area (TPSA) is 38.5 Å². The van der Waals surface area contributed by atoms with Gasteiger partial charge in [-0.25, -0.2) is 0 Å². The Morgan fingerprint density at radius 1 is 1.38 bits per heavy atom. The van der Waals surface area contributed by atoms with Gasteiger partial charge in [-0.1, -0.05) is 6.07 Å². The Morgan fingerprint density at radius 2 is 2.10 bits per heavy atom. The van der Waals surface area contributed by atoms with Gasteiger partial charge in [0.2, 0.25) is 0 Å². The van der Waals surface area contributed by atoms with E-state index in [0.717, 1.165) is 30.0 Å². The third-order valence-corrected chi connectivity index (χ3v) is 4.85. The van der Waals surface area contributed by atoms with Crippen molar-refractivity contribution < 1.29 is 4.74 Å². The minimum Gasteiger partial charge on any atom is -0.383 e. The third kappa shape index (κ3) is 4.70. The zero-order chi connectivity index (χ0) is 15.4. The monoisotopic (exact) mass is 354 g/mol. The lowest BCUT2D eigenvalue weighted by molar-refractivity contribution is 0.202. The first-order valence-corrected chi connectivity index (χ1v) is 8.61. The number of rotatable bonds is 8. The fourth-order valence-electron chi connectivity index (χ4n) is 2.85. The molecule has 0 saturated heterocycles. The van der Waals surface area contributed by atoms with E-state index in [4.69, 9.17) is 10.5 Å². The van der Waals surface area contributed by atoms with Crippen LogP contribution in [0.1, 0.15) is 32.3 Å². The summed E-state index contributed by atoms with van der Waals surface area (Å²) in [5, 5.41) is 0. The van der Waals surface area contributed by atoms with Crippen molar-refractivity contribution in [1.82, 2.24) is 0 Å². The molecule has 0 aromatic heterocycles. The molecule has 1 aliphatic rings. The summed E-state index contributed by atoms with van der Waals surface area (Å²) < 4.78 is 6.44. The Bertz CT molecular complexity index is 460. The Hall–Kier alpha value is -0.580. The quantitative estimate of drug-likeness (QED) is 0.775. The number of ether oxygens (including phenoxy) is 1. The molecule has 1 saturated carbocycles. The molecule has 0 bridgehead atoms. The number of hydrogen-bond acceptors (Lipinski definition) is 3. The Balaban J connectivity index is 2.17. The van der Waals surface area contributed by atoms with Crippen LogP contribution in [-0.2, 0) is 11.2 Å². The Morgan fingerprint density at radius 3 is 2.62 bits per heavy atom. The summed E-state index contributed by atoms with van der Waals surface area (Å²) in [6.45, 7) is 6.06. The van der Waals surface area contributed by atoms with E-state index in [0.29, 0.717) is 6.04 Å². The summed E-state index contributed by atoms with van der Waals surface area (Å²) in [7, 11) is 1.76. The molecular formula is C17H27BrN2O. The molecule has 0 amide bonds. The molecule has 118 valence electrons. The van der Waals surface area contributed by atoms with Gasteiger partial charge in [0.15, 0.2) is 0 Å². The smallest absolute Gasteiger partial charge is 0.0637 e. The minimum atomic E-state index is 0.192. The van der Waals surface area contributed by atoms with E-state index < -0.39 is 0 Å². The molecule has 2 atom stereocenters. The van der Waals surface area contributed by atoms with Crippen LogP contribution in [0, 0.1) is 5.92 Å². The summed E-state index contributed by atoms with van der Waals surface area (Å²) in [6.07, 6.45) is 3.62. The second-order valence-corrected chi connectivity index (χ2v) is 7.09. The SMILES string of the molecule is COCCN(c1ccc(CC(C)N)cc1Br)C(C)C1CC1. The Labute approximate surface area is 137 Å². The molecule has 21 heavy (non-hydrogen) atoms. The van der Waals surface area contributed by atoms with Crippen molar-refractivity contribution in [3.05, 3.63) is 28.2 Å². The lowest BCUT2D eigenvalue weighted by atomic mass is 10.1. The first kappa shape index (κ1) is 16.8. The van der Waals surface area contributed by atoms with Crippen molar-refractivity contribution in [2.24, 2.45) is 11.7 Å². The van der Waals surface area contributed by atoms with Crippen LogP contribution in [-0.4, -0.2) is 32.3 Å². The van der Waals surface area contributed by atoms with E-state index >= 15 is 0 Å². The highest BCUT2D eigenvalue weighted by Gasteiger charge is 2.32. The second-order valence-electron chi connectivity index (χ2n) is 6.23. The molecule has 0 heterocycles. The summed E-state index contributed by atoms with van der Waals surface area (Å²) in [5.74, 6) is 0.831. The van der Waals surface area contributed by atoms with E-state index in [-0.39, 0.29) is 6.04 Å². The lowest BCUT2D eigenvalue weighted by Gasteiger charge is -2.32. The first-order valence-electron chi connectivity index (χ1n) is 7.82. The highest BCUT2D eigenvalue weighted by atomic mass is 79.9. The van der Waals surface area contributed by atoms with Crippen LogP contribution in [0.4, 0.5) is 5.69 Å². The van der Waals surface area contributed by atoms with Gasteiger partial charge in [0.25, 0.3) is 0 Å². The Kier molecular flexibility index (Phi) is 6.08. The molecular weight excluding hydrogens is 328 g/mol. The zero-order valence-corrected chi connectivity index (χ0v) is 14.9. The van der Waals surface area contributed by atoms with Crippen molar-refractivity contribution in [1.29, 1.82) is 0 Å². The van der Waals surface area contributed by atoms with Crippen LogP contribution in [0.3, 0.4) is 0 Å². The van der Waals surface area contributed by atoms with Gasteiger partial charge >= 0.3 is 0 Å². The molecule has 1 aliphatic carbocycles. The average molecular weight is 355 g/mol. The maximum atomic E-state index is 5.89. The zero-order valence-electron chi connectivity index (χ0n) is 13.3. The van der Waals surface area contributed by atoms with Crippen molar-refractivity contribution in [3.63, 3.8) is 0 Å². The average Bonchev–Trinajstić information content (AvgIpc) is 3.24. The molecule has 1 fully saturated rings. The van der Waals surface area contributed by atoms with E-state index in [2.05, 4.69) is 46.0 Å². The van der Waals surface area contributed by atoms with Gasteiger partial charge in [0.05, 0.1) is 12.3 Å². The van der Waals surface area contributed by atoms with Crippen molar-refractivity contribution in [2.75, 3.05) is 25.2 Å². The molecule has 1 aromatic carbocycles. The number of methoxy groups -OCH3 is 1. The highest BCUT2D eigenvalue weighted by molar-refractivity contribution is 9.10. The van der Waals surface area contributed by atoms with Gasteiger partial charge in [-0.2, -0.15) is 0 Å². The largest absolute Gasteiger partial charge is 0.383 e. The van der Waals surface area contributed by atoms with Crippen LogP contribution >= 0.6 is 15.9 Å². The number of nitrogens with zero attached hydrogens (tertiary/aromatic N) is 1. The lowest BCUT2D eigenvalue weighted by Crippen LogP contribution is -2.37. The number of benzene rings is 1. The van der Waals surface area contributed by atoms with E-state index in [1.807, 2.05) is 6.92 Å². The summed E-state index contributed by atoms with van der Waals surface area (Å²) in [6, 6.07) is 7.38. The summed E-state index contributed by atoms with van der Waals surface area (Å²) in [5.41, 5.74) is 8.44. The number of anilines is 1. The third-order valence-electron chi connectivity index (χ3n) is 4.21. The predicted octanol–water partition coefficient (Wildman–Crippen LogP) is 3.59. The fraction of sp³-hybridized carbons (Fsp3) is 0.647. The molecule has 2 unspecified atom stereocenters. The van der Waals surface area contributed by atoms with Gasteiger partial charge in [-0.05, 0) is 72.7 Å². The molecule has 0 spiro atoms. The highest BCUT2D eigenvalue weighted by Crippen LogP contribution is 2.38. The molecule has 2 rings (SSSR count). The van der Waals surface area contributed by atoms with Crippen molar-refractivity contribution in [2.45, 2.75) is 45.2 Å². The summed E-state index contributed by atoms with van der Waals surface area (Å²) >= 11 is 3.74. The number of halogens is 1. The van der Waals surface area contributed by atoms with E-state index in [1.54, 1.807) is 7.11 Å². The van der Waals surface area contributed by atoms with Crippen molar-refractivity contribution >= 4 is 21.6 Å².